The molecule has 0 unspecified atom stereocenters. The minimum absolute atomic E-state index is 0.0532. The van der Waals surface area contributed by atoms with Crippen LogP contribution in [0.3, 0.4) is 0 Å². The summed E-state index contributed by atoms with van der Waals surface area (Å²) in [4.78, 5) is 22.7. The Morgan fingerprint density at radius 2 is 2.27 bits per heavy atom. The van der Waals surface area contributed by atoms with Crippen molar-refractivity contribution in [3.05, 3.63) is 36.7 Å². The van der Waals surface area contributed by atoms with Crippen molar-refractivity contribution in [1.82, 2.24) is 15.0 Å². The summed E-state index contributed by atoms with van der Waals surface area (Å²) >= 11 is 1.18. The van der Waals surface area contributed by atoms with Crippen LogP contribution in [0.15, 0.2) is 41.7 Å². The van der Waals surface area contributed by atoms with E-state index in [1.807, 2.05) is 24.3 Å². The molecule has 0 aliphatic carbocycles. The van der Waals surface area contributed by atoms with Gasteiger partial charge >= 0.3 is 5.97 Å². The number of fused-ring (bicyclic) bond motifs is 1. The third-order valence-electron chi connectivity index (χ3n) is 3.07. The molecule has 0 saturated carbocycles. The smallest absolute Gasteiger partial charge is 0.313 e. The van der Waals surface area contributed by atoms with Crippen molar-refractivity contribution in [1.29, 1.82) is 0 Å². The molecule has 0 aliphatic heterocycles. The lowest BCUT2D eigenvalue weighted by Gasteiger charge is -2.09. The molecule has 6 nitrogen and oxygen atoms in total. The zero-order valence-corrected chi connectivity index (χ0v) is 12.6. The number of carboxylic acids is 1. The summed E-state index contributed by atoms with van der Waals surface area (Å²) in [6.07, 6.45) is 3.37. The molecule has 0 bridgehead atoms. The standard InChI is InChI=1S/C15H13N3O3S/c1-21-10-2-3-12-9(6-10)7-11(14-16-4-5-17-14)15(18-12)22-8-13(19)20/h2-7H,8H2,1H3,(H,16,17)(H,19,20). The zero-order chi connectivity index (χ0) is 15.5. The average Bonchev–Trinajstić information content (AvgIpc) is 3.05. The van der Waals surface area contributed by atoms with Crippen LogP contribution in [0.5, 0.6) is 5.75 Å². The fourth-order valence-corrected chi connectivity index (χ4v) is 2.82. The molecule has 3 rings (SSSR count). The minimum atomic E-state index is -0.882. The van der Waals surface area contributed by atoms with Gasteiger partial charge in [-0.2, -0.15) is 0 Å². The molecular weight excluding hydrogens is 302 g/mol. The maximum absolute atomic E-state index is 10.8. The highest BCUT2D eigenvalue weighted by atomic mass is 32.2. The lowest BCUT2D eigenvalue weighted by molar-refractivity contribution is -0.133. The summed E-state index contributed by atoms with van der Waals surface area (Å²) in [5.41, 5.74) is 1.56. The highest BCUT2D eigenvalue weighted by Crippen LogP contribution is 2.32. The summed E-state index contributed by atoms with van der Waals surface area (Å²) in [6.45, 7) is 0. The van der Waals surface area contributed by atoms with Crippen LogP contribution in [-0.4, -0.2) is 38.9 Å². The normalized spacial score (nSPS) is 10.8. The van der Waals surface area contributed by atoms with Crippen LogP contribution < -0.4 is 4.74 Å². The third kappa shape index (κ3) is 2.89. The molecule has 2 N–H and O–H groups in total. The largest absolute Gasteiger partial charge is 0.497 e. The fourth-order valence-electron chi connectivity index (χ4n) is 2.09. The number of aromatic amines is 1. The molecular formula is C15H13N3O3S. The highest BCUT2D eigenvalue weighted by Gasteiger charge is 2.13. The lowest BCUT2D eigenvalue weighted by atomic mass is 10.1. The van der Waals surface area contributed by atoms with Gasteiger partial charge in [-0.3, -0.25) is 4.79 Å². The van der Waals surface area contributed by atoms with Crippen LogP contribution in [0.4, 0.5) is 0 Å². The van der Waals surface area contributed by atoms with E-state index in [9.17, 15) is 4.79 Å². The Labute approximate surface area is 130 Å². The minimum Gasteiger partial charge on any atom is -0.497 e. The van der Waals surface area contributed by atoms with Crippen LogP contribution in [0, 0.1) is 0 Å². The number of ether oxygens (including phenoxy) is 1. The zero-order valence-electron chi connectivity index (χ0n) is 11.7. The van der Waals surface area contributed by atoms with Crippen molar-refractivity contribution < 1.29 is 14.6 Å². The van der Waals surface area contributed by atoms with E-state index in [1.54, 1.807) is 19.5 Å². The van der Waals surface area contributed by atoms with Gasteiger partial charge in [-0.1, -0.05) is 11.8 Å². The number of hydrogen-bond acceptors (Lipinski definition) is 5. The number of nitrogens with zero attached hydrogens (tertiary/aromatic N) is 2. The van der Waals surface area contributed by atoms with Crippen LogP contribution in [0.25, 0.3) is 22.3 Å². The van der Waals surface area contributed by atoms with Crippen LogP contribution in [0.2, 0.25) is 0 Å². The first kappa shape index (κ1) is 14.4. The van der Waals surface area contributed by atoms with Gasteiger partial charge in [0, 0.05) is 17.8 Å². The van der Waals surface area contributed by atoms with Gasteiger partial charge in [-0.25, -0.2) is 9.97 Å². The second-order valence-corrected chi connectivity index (χ2v) is 5.48. The number of aromatic nitrogens is 3. The van der Waals surface area contributed by atoms with E-state index in [-0.39, 0.29) is 5.75 Å². The van der Waals surface area contributed by atoms with E-state index >= 15 is 0 Å². The second kappa shape index (κ2) is 6.07. The van der Waals surface area contributed by atoms with E-state index in [0.29, 0.717) is 10.9 Å². The van der Waals surface area contributed by atoms with Gasteiger partial charge in [0.25, 0.3) is 0 Å². The van der Waals surface area contributed by atoms with Crippen molar-refractivity contribution in [2.24, 2.45) is 0 Å². The Bertz CT molecular complexity index is 818. The second-order valence-electron chi connectivity index (χ2n) is 4.52. The number of carboxylic acid groups (broad SMARTS) is 1. The van der Waals surface area contributed by atoms with E-state index in [2.05, 4.69) is 15.0 Å². The maximum Gasteiger partial charge on any atom is 0.313 e. The van der Waals surface area contributed by atoms with Gasteiger partial charge in [-0.05, 0) is 24.3 Å². The lowest BCUT2D eigenvalue weighted by Crippen LogP contribution is -2.00. The Morgan fingerprint density at radius 3 is 2.95 bits per heavy atom. The van der Waals surface area contributed by atoms with Crippen molar-refractivity contribution in [3.8, 4) is 17.1 Å². The molecule has 0 atom stereocenters. The SMILES string of the molecule is COc1ccc2nc(SCC(=O)O)c(-c3ncc[nH]3)cc2c1. The molecule has 7 heteroatoms. The summed E-state index contributed by atoms with van der Waals surface area (Å²) < 4.78 is 5.23. The quantitative estimate of drug-likeness (QED) is 0.704. The molecule has 0 fully saturated rings. The van der Waals surface area contributed by atoms with Gasteiger partial charge in [0.1, 0.15) is 16.6 Å². The Kier molecular flexibility index (Phi) is 3.97. The molecule has 112 valence electrons. The number of imidazole rings is 1. The number of carbonyl (C=O) groups is 1. The summed E-state index contributed by atoms with van der Waals surface area (Å²) in [5.74, 6) is 0.463. The van der Waals surface area contributed by atoms with E-state index in [4.69, 9.17) is 9.84 Å². The van der Waals surface area contributed by atoms with E-state index in [1.165, 1.54) is 11.8 Å². The highest BCUT2D eigenvalue weighted by molar-refractivity contribution is 8.00. The van der Waals surface area contributed by atoms with E-state index < -0.39 is 5.97 Å². The number of H-pyrrole nitrogens is 1. The predicted molar refractivity (Wildman–Crippen MR) is 84.2 cm³/mol. The predicted octanol–water partition coefficient (Wildman–Crippen LogP) is 2.81. The Morgan fingerprint density at radius 1 is 1.41 bits per heavy atom. The van der Waals surface area contributed by atoms with Gasteiger partial charge in [0.2, 0.25) is 0 Å². The third-order valence-corrected chi connectivity index (χ3v) is 4.05. The number of methoxy groups -OCH3 is 1. The molecule has 3 aromatic rings. The Balaban J connectivity index is 2.13. The van der Waals surface area contributed by atoms with Crippen molar-refractivity contribution in [3.63, 3.8) is 0 Å². The summed E-state index contributed by atoms with van der Waals surface area (Å²) in [5, 5.41) is 10.4. The summed E-state index contributed by atoms with van der Waals surface area (Å²) in [7, 11) is 1.61. The number of pyridine rings is 1. The number of aliphatic carboxylic acids is 1. The molecule has 1 aromatic carbocycles. The molecule has 2 aromatic heterocycles. The number of benzene rings is 1. The molecule has 0 aliphatic rings. The molecule has 22 heavy (non-hydrogen) atoms. The molecule has 0 spiro atoms. The Hall–Kier alpha value is -2.54. The molecule has 0 radical (unpaired) electrons. The average molecular weight is 315 g/mol. The van der Waals surface area contributed by atoms with Crippen molar-refractivity contribution in [2.75, 3.05) is 12.9 Å². The van der Waals surface area contributed by atoms with Crippen LogP contribution >= 0.6 is 11.8 Å². The summed E-state index contributed by atoms with van der Waals surface area (Å²) in [6, 6.07) is 7.51. The monoisotopic (exact) mass is 315 g/mol. The molecule has 2 heterocycles. The number of hydrogen-bond donors (Lipinski definition) is 2. The molecule has 0 amide bonds. The first-order valence-corrected chi connectivity index (χ1v) is 7.49. The van der Waals surface area contributed by atoms with Crippen LogP contribution in [0.1, 0.15) is 0 Å². The number of nitrogens with one attached hydrogen (secondary N) is 1. The van der Waals surface area contributed by atoms with Crippen molar-refractivity contribution >= 4 is 28.6 Å². The van der Waals surface area contributed by atoms with Crippen LogP contribution in [-0.2, 0) is 4.79 Å². The first-order valence-electron chi connectivity index (χ1n) is 6.50. The number of thioether (sulfide) groups is 1. The van der Waals surface area contributed by atoms with Gasteiger partial charge in [-0.15, -0.1) is 0 Å². The fraction of sp³-hybridized carbons (Fsp3) is 0.133. The van der Waals surface area contributed by atoms with E-state index in [0.717, 1.165) is 22.2 Å². The van der Waals surface area contributed by atoms with Crippen molar-refractivity contribution in [2.45, 2.75) is 5.03 Å². The van der Waals surface area contributed by atoms with Gasteiger partial charge < -0.3 is 14.8 Å². The maximum atomic E-state index is 10.8. The molecule has 0 saturated heterocycles. The van der Waals surface area contributed by atoms with Gasteiger partial charge in [0.15, 0.2) is 0 Å². The number of rotatable bonds is 5. The topological polar surface area (TPSA) is 88.1 Å². The van der Waals surface area contributed by atoms with Gasteiger partial charge in [0.05, 0.1) is 23.9 Å². The first-order chi connectivity index (χ1) is 10.7.